The largest absolute Gasteiger partial charge is 0.497 e. The number of hydrogen-bond acceptors (Lipinski definition) is 6. The molecule has 0 spiro atoms. The van der Waals surface area contributed by atoms with Crippen LogP contribution in [0.25, 0.3) is 0 Å². The maximum Gasteiger partial charge on any atom is 0.269 e. The lowest BCUT2D eigenvalue weighted by Gasteiger charge is -2.11. The highest BCUT2D eigenvalue weighted by Crippen LogP contribution is 2.32. The number of anilines is 1. The van der Waals surface area contributed by atoms with Crippen LogP contribution in [-0.4, -0.2) is 19.1 Å². The number of hydrogen-bond donors (Lipinski definition) is 1. The summed E-state index contributed by atoms with van der Waals surface area (Å²) in [4.78, 5) is 11.0. The Balaban J connectivity index is 2.10. The molecule has 2 rings (SSSR count). The maximum absolute atomic E-state index is 10.6. The fourth-order valence-electron chi connectivity index (χ4n) is 1.64. The van der Waals surface area contributed by atoms with E-state index >= 15 is 0 Å². The van der Waals surface area contributed by atoms with Crippen LogP contribution in [-0.2, 0) is 0 Å². The van der Waals surface area contributed by atoms with E-state index in [1.807, 2.05) is 6.07 Å². The Labute approximate surface area is 126 Å². The van der Waals surface area contributed by atoms with Gasteiger partial charge >= 0.3 is 0 Å². The monoisotopic (exact) mass is 306 g/mol. The maximum atomic E-state index is 10.6. The topological polar surface area (TPSA) is 73.6 Å². The van der Waals surface area contributed by atoms with Gasteiger partial charge in [-0.3, -0.25) is 10.1 Å². The molecule has 0 saturated heterocycles. The Morgan fingerprint density at radius 2 is 1.81 bits per heavy atom. The van der Waals surface area contributed by atoms with E-state index in [1.165, 1.54) is 24.1 Å². The Bertz CT molecular complexity index is 631. The number of rotatable bonds is 6. The lowest BCUT2D eigenvalue weighted by atomic mass is 10.3. The Kier molecular flexibility index (Phi) is 4.89. The Morgan fingerprint density at radius 1 is 1.10 bits per heavy atom. The fraction of sp³-hybridized carbons (Fsp3) is 0.143. The smallest absolute Gasteiger partial charge is 0.269 e. The number of nitrogens with zero attached hydrogens (tertiary/aromatic N) is 1. The number of methoxy groups -OCH3 is 2. The summed E-state index contributed by atoms with van der Waals surface area (Å²) in [6.07, 6.45) is 0. The van der Waals surface area contributed by atoms with Gasteiger partial charge in [-0.25, -0.2) is 0 Å². The molecule has 0 fully saturated rings. The Hall–Kier alpha value is -2.41. The molecule has 0 aliphatic rings. The van der Waals surface area contributed by atoms with Crippen LogP contribution in [0.4, 0.5) is 11.4 Å². The van der Waals surface area contributed by atoms with Crippen LogP contribution >= 0.6 is 11.9 Å². The van der Waals surface area contributed by atoms with Gasteiger partial charge in [-0.05, 0) is 36.2 Å². The van der Waals surface area contributed by atoms with E-state index in [4.69, 9.17) is 9.47 Å². The highest BCUT2D eigenvalue weighted by atomic mass is 32.2. The van der Waals surface area contributed by atoms with E-state index in [1.54, 1.807) is 38.5 Å². The van der Waals surface area contributed by atoms with Gasteiger partial charge in [-0.2, -0.15) is 0 Å². The zero-order valence-corrected chi connectivity index (χ0v) is 12.3. The molecule has 2 aromatic rings. The Morgan fingerprint density at radius 3 is 2.38 bits per heavy atom. The van der Waals surface area contributed by atoms with Gasteiger partial charge in [-0.1, -0.05) is 0 Å². The zero-order chi connectivity index (χ0) is 15.2. The van der Waals surface area contributed by atoms with Crippen molar-refractivity contribution in [3.05, 3.63) is 52.6 Å². The molecule has 0 saturated carbocycles. The lowest BCUT2D eigenvalue weighted by Crippen LogP contribution is -1.94. The first-order chi connectivity index (χ1) is 10.1. The molecule has 0 bridgehead atoms. The predicted octanol–water partition coefficient (Wildman–Crippen LogP) is 3.73. The number of nitrogens with one attached hydrogen (secondary N) is 1. The molecule has 0 aromatic heterocycles. The summed E-state index contributed by atoms with van der Waals surface area (Å²) >= 11 is 1.33. The summed E-state index contributed by atoms with van der Waals surface area (Å²) in [7, 11) is 3.18. The van der Waals surface area contributed by atoms with Crippen LogP contribution in [0.2, 0.25) is 0 Å². The summed E-state index contributed by atoms with van der Waals surface area (Å²) in [5.74, 6) is 1.40. The molecule has 6 nitrogen and oxygen atoms in total. The molecule has 1 N–H and O–H groups in total. The van der Waals surface area contributed by atoms with Crippen molar-refractivity contribution in [2.45, 2.75) is 4.90 Å². The number of non-ortho nitro benzene ring substituents is 1. The number of nitro groups is 1. The molecule has 2 aromatic carbocycles. The van der Waals surface area contributed by atoms with Gasteiger partial charge < -0.3 is 14.2 Å². The molecular formula is C14H14N2O4S. The van der Waals surface area contributed by atoms with E-state index in [2.05, 4.69) is 4.72 Å². The summed E-state index contributed by atoms with van der Waals surface area (Å²) in [5.41, 5.74) is 0.832. The first kappa shape index (κ1) is 15.0. The van der Waals surface area contributed by atoms with Crippen LogP contribution in [0.5, 0.6) is 11.5 Å². The van der Waals surface area contributed by atoms with E-state index in [0.29, 0.717) is 11.5 Å². The second-order valence-electron chi connectivity index (χ2n) is 4.02. The fourth-order valence-corrected chi connectivity index (χ4v) is 2.30. The van der Waals surface area contributed by atoms with Crippen molar-refractivity contribution >= 4 is 23.3 Å². The molecule has 0 unspecified atom stereocenters. The molecular weight excluding hydrogens is 292 g/mol. The molecule has 0 atom stereocenters. The predicted molar refractivity (Wildman–Crippen MR) is 82.1 cm³/mol. The minimum Gasteiger partial charge on any atom is -0.497 e. The summed E-state index contributed by atoms with van der Waals surface area (Å²) < 4.78 is 13.6. The normalized spacial score (nSPS) is 10.0. The van der Waals surface area contributed by atoms with Gasteiger partial charge in [-0.15, -0.1) is 0 Å². The second-order valence-corrected chi connectivity index (χ2v) is 4.90. The van der Waals surface area contributed by atoms with Gasteiger partial charge in [0.15, 0.2) is 0 Å². The van der Waals surface area contributed by atoms with Crippen molar-refractivity contribution in [2.75, 3.05) is 18.9 Å². The minimum absolute atomic E-state index is 0.0679. The van der Waals surface area contributed by atoms with Crippen molar-refractivity contribution < 1.29 is 14.4 Å². The van der Waals surface area contributed by atoms with E-state index in [9.17, 15) is 10.1 Å². The van der Waals surface area contributed by atoms with Gasteiger partial charge in [0, 0.05) is 23.1 Å². The van der Waals surface area contributed by atoms with Crippen LogP contribution in [0.3, 0.4) is 0 Å². The molecule has 0 aliphatic heterocycles. The number of benzene rings is 2. The molecule has 0 aliphatic carbocycles. The number of nitro benzene ring substituents is 1. The highest BCUT2D eigenvalue weighted by molar-refractivity contribution is 8.00. The number of ether oxygens (including phenoxy) is 2. The third-order valence-electron chi connectivity index (χ3n) is 2.73. The zero-order valence-electron chi connectivity index (χ0n) is 11.5. The second kappa shape index (κ2) is 6.85. The van der Waals surface area contributed by atoms with Crippen LogP contribution < -0.4 is 14.2 Å². The van der Waals surface area contributed by atoms with Gasteiger partial charge in [0.1, 0.15) is 11.5 Å². The molecule has 21 heavy (non-hydrogen) atoms. The average Bonchev–Trinajstić information content (AvgIpc) is 2.52. The summed E-state index contributed by atoms with van der Waals surface area (Å²) in [6, 6.07) is 11.7. The van der Waals surface area contributed by atoms with Gasteiger partial charge in [0.05, 0.1) is 24.8 Å². The third kappa shape index (κ3) is 3.79. The third-order valence-corrected chi connectivity index (χ3v) is 3.56. The quantitative estimate of drug-likeness (QED) is 0.498. The lowest BCUT2D eigenvalue weighted by molar-refractivity contribution is -0.384. The standard InChI is InChI=1S/C14H14N2O4S/c1-19-11-5-8-14(20-2)13(9-11)15-21-12-6-3-10(4-7-12)16(17)18/h3-9,15H,1-2H3. The van der Waals surface area contributed by atoms with E-state index < -0.39 is 4.92 Å². The first-order valence-electron chi connectivity index (χ1n) is 6.03. The van der Waals surface area contributed by atoms with Crippen molar-refractivity contribution in [3.63, 3.8) is 0 Å². The molecule has 0 radical (unpaired) electrons. The molecule has 0 heterocycles. The van der Waals surface area contributed by atoms with E-state index in [0.717, 1.165) is 10.6 Å². The minimum atomic E-state index is -0.424. The summed E-state index contributed by atoms with van der Waals surface area (Å²) in [6.45, 7) is 0. The molecule has 7 heteroatoms. The van der Waals surface area contributed by atoms with Crippen LogP contribution in [0.15, 0.2) is 47.4 Å². The van der Waals surface area contributed by atoms with Crippen molar-refractivity contribution in [2.24, 2.45) is 0 Å². The highest BCUT2D eigenvalue weighted by Gasteiger charge is 2.07. The van der Waals surface area contributed by atoms with Gasteiger partial charge in [0.25, 0.3) is 5.69 Å². The average molecular weight is 306 g/mol. The first-order valence-corrected chi connectivity index (χ1v) is 6.85. The summed E-state index contributed by atoms with van der Waals surface area (Å²) in [5, 5.41) is 10.6. The molecule has 0 amide bonds. The van der Waals surface area contributed by atoms with Crippen molar-refractivity contribution in [3.8, 4) is 11.5 Å². The van der Waals surface area contributed by atoms with Gasteiger partial charge in [0.2, 0.25) is 0 Å². The SMILES string of the molecule is COc1ccc(OC)c(NSc2ccc([N+](=O)[O-])cc2)c1. The van der Waals surface area contributed by atoms with Crippen molar-refractivity contribution in [1.82, 2.24) is 0 Å². The van der Waals surface area contributed by atoms with Crippen molar-refractivity contribution in [1.29, 1.82) is 0 Å². The van der Waals surface area contributed by atoms with Crippen LogP contribution in [0.1, 0.15) is 0 Å². The molecule has 110 valence electrons. The van der Waals surface area contributed by atoms with E-state index in [-0.39, 0.29) is 5.69 Å². The van der Waals surface area contributed by atoms with Crippen LogP contribution in [0, 0.1) is 10.1 Å².